The van der Waals surface area contributed by atoms with Gasteiger partial charge in [0.1, 0.15) is 0 Å². The number of fused-ring (bicyclic) bond motifs is 1. The van der Waals surface area contributed by atoms with E-state index >= 15 is 0 Å². The van der Waals surface area contributed by atoms with Crippen LogP contribution in [0.25, 0.3) is 0 Å². The molecule has 6 heteroatoms. The number of aryl methyl sites for hydroxylation is 2. The van der Waals surface area contributed by atoms with Crippen LogP contribution < -0.4 is 5.32 Å². The lowest BCUT2D eigenvalue weighted by Gasteiger charge is -2.01. The molecule has 1 amide bonds. The van der Waals surface area contributed by atoms with Gasteiger partial charge in [0, 0.05) is 11.1 Å². The maximum atomic E-state index is 12.5. The highest BCUT2D eigenvalue weighted by Gasteiger charge is 2.16. The van der Waals surface area contributed by atoms with Gasteiger partial charge < -0.3 is 0 Å². The molecule has 128 valence electrons. The quantitative estimate of drug-likeness (QED) is 0.724. The number of nitrogens with zero attached hydrogens (tertiary/aromatic N) is 3. The van der Waals surface area contributed by atoms with Gasteiger partial charge >= 0.3 is 0 Å². The monoisotopic (exact) mass is 352 g/mol. The van der Waals surface area contributed by atoms with Gasteiger partial charge in [-0.15, -0.1) is 11.3 Å². The third kappa shape index (κ3) is 3.79. The Labute approximate surface area is 150 Å². The molecule has 4 rings (SSSR count). The number of thiazole rings is 1. The minimum Gasteiger partial charge on any atom is -0.298 e. The highest BCUT2D eigenvalue weighted by atomic mass is 32.1. The predicted molar refractivity (Wildman–Crippen MR) is 99.1 cm³/mol. The fourth-order valence-corrected chi connectivity index (χ4v) is 4.13. The van der Waals surface area contributed by atoms with Crippen LogP contribution in [-0.2, 0) is 19.4 Å². The lowest BCUT2D eigenvalue weighted by molar-refractivity contribution is 0.102. The molecule has 1 N–H and O–H groups in total. The highest BCUT2D eigenvalue weighted by Crippen LogP contribution is 2.29. The molecule has 1 aromatic carbocycles. The number of amides is 1. The Morgan fingerprint density at radius 1 is 1.16 bits per heavy atom. The summed E-state index contributed by atoms with van der Waals surface area (Å²) in [5.74, 6) is -0.150. The number of nitrogens with one attached hydrogen (secondary N) is 1. The summed E-state index contributed by atoms with van der Waals surface area (Å²) in [6.07, 6.45) is 9.17. The van der Waals surface area contributed by atoms with Crippen molar-refractivity contribution >= 4 is 22.4 Å². The second-order valence-electron chi connectivity index (χ2n) is 6.32. The molecule has 0 bridgehead atoms. The summed E-state index contributed by atoms with van der Waals surface area (Å²) >= 11 is 1.61. The second kappa shape index (κ2) is 7.19. The summed E-state index contributed by atoms with van der Waals surface area (Å²) < 4.78 is 1.78. The molecule has 0 saturated carbocycles. The minimum atomic E-state index is -0.150. The molecule has 0 spiro atoms. The maximum Gasteiger partial charge on any atom is 0.260 e. The SMILES string of the molecule is O=C(Nc1nc2c(s1)CCCCC2)c1cnn(Cc2ccccc2)c1. The van der Waals surface area contributed by atoms with E-state index in [1.54, 1.807) is 28.4 Å². The summed E-state index contributed by atoms with van der Waals surface area (Å²) in [6.45, 7) is 0.652. The normalized spacial score (nSPS) is 13.9. The van der Waals surface area contributed by atoms with Crippen molar-refractivity contribution in [2.24, 2.45) is 0 Å². The van der Waals surface area contributed by atoms with E-state index in [0.717, 1.165) is 24.1 Å². The van der Waals surface area contributed by atoms with Crippen LogP contribution in [0.5, 0.6) is 0 Å². The van der Waals surface area contributed by atoms with Gasteiger partial charge in [-0.1, -0.05) is 36.8 Å². The van der Waals surface area contributed by atoms with Crippen molar-refractivity contribution in [2.75, 3.05) is 5.32 Å². The highest BCUT2D eigenvalue weighted by molar-refractivity contribution is 7.15. The summed E-state index contributed by atoms with van der Waals surface area (Å²) in [7, 11) is 0. The van der Waals surface area contributed by atoms with Crippen molar-refractivity contribution in [1.29, 1.82) is 0 Å². The molecule has 2 aromatic heterocycles. The summed E-state index contributed by atoms with van der Waals surface area (Å²) in [6, 6.07) is 10.1. The van der Waals surface area contributed by atoms with Gasteiger partial charge in [-0.05, 0) is 31.2 Å². The molecule has 1 aliphatic carbocycles. The van der Waals surface area contributed by atoms with E-state index in [-0.39, 0.29) is 5.91 Å². The molecule has 0 unspecified atom stereocenters. The van der Waals surface area contributed by atoms with Gasteiger partial charge in [0.2, 0.25) is 0 Å². The van der Waals surface area contributed by atoms with Gasteiger partial charge in [-0.2, -0.15) is 5.10 Å². The molecule has 1 aliphatic rings. The number of benzene rings is 1. The molecule has 0 radical (unpaired) electrons. The van der Waals surface area contributed by atoms with E-state index in [4.69, 9.17) is 0 Å². The first-order valence-corrected chi connectivity index (χ1v) is 9.46. The van der Waals surface area contributed by atoms with Crippen LogP contribution in [-0.4, -0.2) is 20.7 Å². The first-order chi connectivity index (χ1) is 12.3. The van der Waals surface area contributed by atoms with Gasteiger partial charge in [0.15, 0.2) is 5.13 Å². The first-order valence-electron chi connectivity index (χ1n) is 8.64. The third-order valence-corrected chi connectivity index (χ3v) is 5.47. The van der Waals surface area contributed by atoms with Gasteiger partial charge in [0.25, 0.3) is 5.91 Å². The fraction of sp³-hybridized carbons (Fsp3) is 0.316. The van der Waals surface area contributed by atoms with E-state index in [2.05, 4.69) is 15.4 Å². The van der Waals surface area contributed by atoms with Gasteiger partial charge in [-0.25, -0.2) is 4.98 Å². The van der Waals surface area contributed by atoms with Crippen molar-refractivity contribution in [1.82, 2.24) is 14.8 Å². The Morgan fingerprint density at radius 3 is 2.88 bits per heavy atom. The van der Waals surface area contributed by atoms with Crippen molar-refractivity contribution < 1.29 is 4.79 Å². The maximum absolute atomic E-state index is 12.5. The van der Waals surface area contributed by atoms with E-state index in [1.807, 2.05) is 30.3 Å². The van der Waals surface area contributed by atoms with E-state index in [1.165, 1.54) is 24.1 Å². The van der Waals surface area contributed by atoms with E-state index in [9.17, 15) is 4.79 Å². The molecule has 2 heterocycles. The van der Waals surface area contributed by atoms with Crippen molar-refractivity contribution in [3.05, 3.63) is 64.4 Å². The van der Waals surface area contributed by atoms with Crippen LogP contribution in [0.1, 0.15) is 45.8 Å². The molecule has 0 fully saturated rings. The van der Waals surface area contributed by atoms with Crippen LogP contribution in [0.4, 0.5) is 5.13 Å². The first kappa shape index (κ1) is 16.0. The van der Waals surface area contributed by atoms with Crippen molar-refractivity contribution in [3.63, 3.8) is 0 Å². The third-order valence-electron chi connectivity index (χ3n) is 4.40. The van der Waals surface area contributed by atoms with Crippen LogP contribution in [0.2, 0.25) is 0 Å². The Hall–Kier alpha value is -2.47. The van der Waals surface area contributed by atoms with Crippen LogP contribution in [0.3, 0.4) is 0 Å². The number of anilines is 1. The van der Waals surface area contributed by atoms with Crippen LogP contribution in [0.15, 0.2) is 42.7 Å². The minimum absolute atomic E-state index is 0.150. The fourth-order valence-electron chi connectivity index (χ4n) is 3.09. The van der Waals surface area contributed by atoms with E-state index < -0.39 is 0 Å². The second-order valence-corrected chi connectivity index (χ2v) is 7.40. The molecule has 3 aromatic rings. The predicted octanol–water partition coefficient (Wildman–Crippen LogP) is 3.91. The molecular weight excluding hydrogens is 332 g/mol. The lowest BCUT2D eigenvalue weighted by Crippen LogP contribution is -2.11. The zero-order valence-electron chi connectivity index (χ0n) is 13.9. The summed E-state index contributed by atoms with van der Waals surface area (Å²) in [5.41, 5.74) is 2.88. The standard InChI is InChI=1S/C19H20N4OS/c24-18(22-19-21-16-9-5-2-6-10-17(16)25-19)15-11-20-23(13-15)12-14-7-3-1-4-8-14/h1,3-4,7-8,11,13H,2,5-6,9-10,12H2,(H,21,22,24). The number of rotatable bonds is 4. The average molecular weight is 352 g/mol. The molecule has 0 aliphatic heterocycles. The zero-order valence-corrected chi connectivity index (χ0v) is 14.8. The molecule has 0 saturated heterocycles. The Kier molecular flexibility index (Phi) is 4.61. The van der Waals surface area contributed by atoms with Gasteiger partial charge in [-0.3, -0.25) is 14.8 Å². The Balaban J connectivity index is 1.43. The number of hydrogen-bond donors (Lipinski definition) is 1. The number of carbonyl (C=O) groups excluding carboxylic acids is 1. The average Bonchev–Trinajstić information content (AvgIpc) is 3.17. The van der Waals surface area contributed by atoms with Crippen LogP contribution in [0, 0.1) is 0 Å². The number of carbonyl (C=O) groups is 1. The van der Waals surface area contributed by atoms with Gasteiger partial charge in [0.05, 0.1) is 24.0 Å². The Bertz CT molecular complexity index is 845. The summed E-state index contributed by atoms with van der Waals surface area (Å²) in [4.78, 5) is 18.4. The molecule has 0 atom stereocenters. The Morgan fingerprint density at radius 2 is 2.00 bits per heavy atom. The van der Waals surface area contributed by atoms with Crippen molar-refractivity contribution in [3.8, 4) is 0 Å². The number of aromatic nitrogens is 3. The smallest absolute Gasteiger partial charge is 0.260 e. The van der Waals surface area contributed by atoms with Crippen molar-refractivity contribution in [2.45, 2.75) is 38.6 Å². The topological polar surface area (TPSA) is 59.8 Å². The molecular formula is C19H20N4OS. The van der Waals surface area contributed by atoms with Crippen LogP contribution >= 0.6 is 11.3 Å². The zero-order chi connectivity index (χ0) is 17.1. The molecule has 25 heavy (non-hydrogen) atoms. The largest absolute Gasteiger partial charge is 0.298 e. The number of hydrogen-bond acceptors (Lipinski definition) is 4. The summed E-state index contributed by atoms with van der Waals surface area (Å²) in [5, 5.41) is 7.92. The lowest BCUT2D eigenvalue weighted by atomic mass is 10.2. The molecule has 5 nitrogen and oxygen atoms in total. The van der Waals surface area contributed by atoms with E-state index in [0.29, 0.717) is 17.2 Å².